The number of nitrogens with zero attached hydrogens (tertiary/aromatic N) is 3. The van der Waals surface area contributed by atoms with Gasteiger partial charge in [-0.05, 0) is 26.2 Å². The molecule has 0 radical (unpaired) electrons. The molecule has 0 bridgehead atoms. The molecule has 0 unspecified atom stereocenters. The molecule has 22 heavy (non-hydrogen) atoms. The first-order valence-electron chi connectivity index (χ1n) is 8.27. The van der Waals surface area contributed by atoms with Gasteiger partial charge in [0.1, 0.15) is 11.3 Å². The summed E-state index contributed by atoms with van der Waals surface area (Å²) >= 11 is 2.05. The van der Waals surface area contributed by atoms with Crippen LogP contribution in [-0.2, 0) is 6.42 Å². The first-order valence-corrected chi connectivity index (χ1v) is 9.42. The van der Waals surface area contributed by atoms with E-state index >= 15 is 0 Å². The molecule has 1 aromatic heterocycles. The summed E-state index contributed by atoms with van der Waals surface area (Å²) in [4.78, 5) is 17.3. The van der Waals surface area contributed by atoms with Crippen molar-refractivity contribution < 1.29 is 9.32 Å². The highest BCUT2D eigenvalue weighted by Crippen LogP contribution is 2.23. The highest BCUT2D eigenvalue weighted by atomic mass is 32.2. The molecule has 3 rings (SSSR count). The molecule has 6 heteroatoms. The van der Waals surface area contributed by atoms with Gasteiger partial charge < -0.3 is 9.42 Å². The number of hydrogen-bond acceptors (Lipinski definition) is 5. The van der Waals surface area contributed by atoms with Crippen molar-refractivity contribution >= 4 is 17.7 Å². The Bertz CT molecular complexity index is 517. The number of carbonyl (C=O) groups is 1. The van der Waals surface area contributed by atoms with Crippen molar-refractivity contribution in [3.05, 3.63) is 17.0 Å². The van der Waals surface area contributed by atoms with Gasteiger partial charge in [0.2, 0.25) is 0 Å². The molecule has 3 heterocycles. The van der Waals surface area contributed by atoms with Gasteiger partial charge in [-0.2, -0.15) is 11.8 Å². The first-order chi connectivity index (χ1) is 10.7. The fourth-order valence-electron chi connectivity index (χ4n) is 3.47. The second-order valence-corrected chi connectivity index (χ2v) is 7.31. The topological polar surface area (TPSA) is 49.6 Å². The van der Waals surface area contributed by atoms with Crippen LogP contribution < -0.4 is 0 Å². The highest BCUT2D eigenvalue weighted by Gasteiger charge is 2.30. The molecule has 0 atom stereocenters. The van der Waals surface area contributed by atoms with Crippen molar-refractivity contribution in [1.82, 2.24) is 15.0 Å². The van der Waals surface area contributed by atoms with Crippen molar-refractivity contribution in [2.75, 3.05) is 37.7 Å². The van der Waals surface area contributed by atoms with Crippen LogP contribution in [0.3, 0.4) is 0 Å². The van der Waals surface area contributed by atoms with Crippen molar-refractivity contribution in [1.29, 1.82) is 0 Å². The summed E-state index contributed by atoms with van der Waals surface area (Å²) in [7, 11) is 0. The van der Waals surface area contributed by atoms with Gasteiger partial charge in [-0.15, -0.1) is 0 Å². The van der Waals surface area contributed by atoms with E-state index in [1.807, 2.05) is 30.5 Å². The molecule has 2 aliphatic heterocycles. The highest BCUT2D eigenvalue weighted by molar-refractivity contribution is 7.99. The maximum Gasteiger partial charge on any atom is 0.259 e. The Hall–Kier alpha value is -1.01. The number of likely N-dealkylation sites (tertiary alicyclic amines) is 1. The van der Waals surface area contributed by atoms with Gasteiger partial charge in [-0.3, -0.25) is 9.69 Å². The largest absolute Gasteiger partial charge is 0.361 e. The quantitative estimate of drug-likeness (QED) is 0.853. The Kier molecular flexibility index (Phi) is 5.08. The lowest BCUT2D eigenvalue weighted by atomic mass is 10.0. The standard InChI is InChI=1S/C16H25N3O2S/c1-3-14-15(12(2)21-17-14)16(20)19-6-4-13(5-7-19)18-8-10-22-11-9-18/h13H,3-11H2,1-2H3. The van der Waals surface area contributed by atoms with Crippen molar-refractivity contribution in [2.45, 2.75) is 39.2 Å². The third-order valence-electron chi connectivity index (χ3n) is 4.80. The summed E-state index contributed by atoms with van der Waals surface area (Å²) in [6.07, 6.45) is 2.91. The molecular weight excluding hydrogens is 298 g/mol. The van der Waals surface area contributed by atoms with E-state index in [2.05, 4.69) is 10.1 Å². The van der Waals surface area contributed by atoms with Gasteiger partial charge in [-0.25, -0.2) is 0 Å². The maximum atomic E-state index is 12.8. The molecule has 2 fully saturated rings. The van der Waals surface area contributed by atoms with Crippen LogP contribution in [0.4, 0.5) is 0 Å². The zero-order chi connectivity index (χ0) is 15.5. The van der Waals surface area contributed by atoms with Gasteiger partial charge in [0.15, 0.2) is 0 Å². The van der Waals surface area contributed by atoms with Crippen LogP contribution in [-0.4, -0.2) is 64.6 Å². The van der Waals surface area contributed by atoms with Gasteiger partial charge in [0.25, 0.3) is 5.91 Å². The summed E-state index contributed by atoms with van der Waals surface area (Å²) in [6, 6.07) is 0.652. The third kappa shape index (κ3) is 3.18. The number of carbonyl (C=O) groups excluding carboxylic acids is 1. The van der Waals surface area contributed by atoms with Crippen LogP contribution in [0.5, 0.6) is 0 Å². The van der Waals surface area contributed by atoms with Gasteiger partial charge in [-0.1, -0.05) is 12.1 Å². The van der Waals surface area contributed by atoms with E-state index in [0.717, 1.165) is 38.0 Å². The SMILES string of the molecule is CCc1noc(C)c1C(=O)N1CCC(N2CCSCC2)CC1. The molecular formula is C16H25N3O2S. The van der Waals surface area contributed by atoms with Crippen LogP contribution >= 0.6 is 11.8 Å². The Morgan fingerprint density at radius 3 is 2.59 bits per heavy atom. The molecule has 1 aromatic rings. The van der Waals surface area contributed by atoms with E-state index in [1.54, 1.807) is 0 Å². The average molecular weight is 323 g/mol. The predicted molar refractivity (Wildman–Crippen MR) is 88.4 cm³/mol. The normalized spacial score (nSPS) is 21.3. The van der Waals surface area contributed by atoms with E-state index in [9.17, 15) is 4.79 Å². The van der Waals surface area contributed by atoms with E-state index in [4.69, 9.17) is 4.52 Å². The second-order valence-electron chi connectivity index (χ2n) is 6.09. The van der Waals surface area contributed by atoms with Gasteiger partial charge in [0, 0.05) is 43.7 Å². The Labute approximate surface area is 136 Å². The monoisotopic (exact) mass is 323 g/mol. The summed E-state index contributed by atoms with van der Waals surface area (Å²) in [5.74, 6) is 3.25. The fourth-order valence-corrected chi connectivity index (χ4v) is 4.40. The van der Waals surface area contributed by atoms with E-state index in [1.165, 1.54) is 24.6 Å². The minimum absolute atomic E-state index is 0.100. The lowest BCUT2D eigenvalue weighted by molar-refractivity contribution is 0.0628. The van der Waals surface area contributed by atoms with Crippen LogP contribution in [0.15, 0.2) is 4.52 Å². The minimum Gasteiger partial charge on any atom is -0.361 e. The van der Waals surface area contributed by atoms with Crippen molar-refractivity contribution in [2.24, 2.45) is 0 Å². The fraction of sp³-hybridized carbons (Fsp3) is 0.750. The lowest BCUT2D eigenvalue weighted by Gasteiger charge is -2.40. The zero-order valence-corrected chi connectivity index (χ0v) is 14.3. The number of aromatic nitrogens is 1. The smallest absolute Gasteiger partial charge is 0.259 e. The molecule has 122 valence electrons. The first kappa shape index (κ1) is 15.9. The Morgan fingerprint density at radius 2 is 1.95 bits per heavy atom. The molecule has 0 spiro atoms. The molecule has 0 aromatic carbocycles. The summed E-state index contributed by atoms with van der Waals surface area (Å²) in [6.45, 7) is 7.94. The molecule has 0 saturated carbocycles. The third-order valence-corrected chi connectivity index (χ3v) is 5.74. The van der Waals surface area contributed by atoms with E-state index < -0.39 is 0 Å². The molecule has 2 aliphatic rings. The number of hydrogen-bond donors (Lipinski definition) is 0. The number of thioether (sulfide) groups is 1. The summed E-state index contributed by atoms with van der Waals surface area (Å²) < 4.78 is 5.21. The molecule has 2 saturated heterocycles. The number of piperidine rings is 1. The number of rotatable bonds is 3. The molecule has 0 aliphatic carbocycles. The van der Waals surface area contributed by atoms with Gasteiger partial charge >= 0.3 is 0 Å². The maximum absolute atomic E-state index is 12.8. The van der Waals surface area contributed by atoms with Crippen molar-refractivity contribution in [3.63, 3.8) is 0 Å². The number of aryl methyl sites for hydroxylation is 2. The zero-order valence-electron chi connectivity index (χ0n) is 13.5. The van der Waals surface area contributed by atoms with Gasteiger partial charge in [0.05, 0.1) is 5.69 Å². The Balaban J connectivity index is 1.61. The summed E-state index contributed by atoms with van der Waals surface area (Å²) in [5.41, 5.74) is 1.48. The van der Waals surface area contributed by atoms with Crippen LogP contribution in [0.25, 0.3) is 0 Å². The van der Waals surface area contributed by atoms with Crippen LogP contribution in [0.1, 0.15) is 41.6 Å². The average Bonchev–Trinajstić information content (AvgIpc) is 2.96. The molecule has 5 nitrogen and oxygen atoms in total. The minimum atomic E-state index is 0.100. The van der Waals surface area contributed by atoms with Crippen LogP contribution in [0, 0.1) is 6.92 Å². The van der Waals surface area contributed by atoms with E-state index in [-0.39, 0.29) is 5.91 Å². The van der Waals surface area contributed by atoms with Crippen LogP contribution in [0.2, 0.25) is 0 Å². The lowest BCUT2D eigenvalue weighted by Crippen LogP contribution is -2.49. The molecule has 1 amide bonds. The predicted octanol–water partition coefficient (Wildman–Crippen LogP) is 2.20. The molecule has 0 N–H and O–H groups in total. The summed E-state index contributed by atoms with van der Waals surface area (Å²) in [5, 5.41) is 4.01. The Morgan fingerprint density at radius 1 is 1.27 bits per heavy atom. The van der Waals surface area contributed by atoms with E-state index in [0.29, 0.717) is 17.4 Å². The second kappa shape index (κ2) is 7.04. The van der Waals surface area contributed by atoms with Crippen molar-refractivity contribution in [3.8, 4) is 0 Å². The number of amides is 1.